The Morgan fingerprint density at radius 1 is 1.09 bits per heavy atom. The van der Waals surface area contributed by atoms with Gasteiger partial charge in [0.25, 0.3) is 0 Å². The van der Waals surface area contributed by atoms with Crippen LogP contribution < -0.4 is 15.5 Å². The number of carbonyl (C=O) groups is 1. The minimum absolute atomic E-state index is 0.133. The van der Waals surface area contributed by atoms with Crippen LogP contribution in [0.25, 0.3) is 22.3 Å². The average molecular weight is 309 g/mol. The van der Waals surface area contributed by atoms with Gasteiger partial charge in [-0.1, -0.05) is 0 Å². The molecule has 0 aliphatic carbocycles. The van der Waals surface area contributed by atoms with Crippen molar-refractivity contribution in [1.82, 2.24) is 0 Å². The van der Waals surface area contributed by atoms with E-state index in [1.165, 1.54) is 13.0 Å². The van der Waals surface area contributed by atoms with E-state index in [0.717, 1.165) is 11.3 Å². The number of anilines is 1. The van der Waals surface area contributed by atoms with Crippen LogP contribution in [0.4, 0.5) is 5.69 Å². The molecule has 5 heteroatoms. The Bertz CT molecular complexity index is 926. The van der Waals surface area contributed by atoms with Crippen molar-refractivity contribution in [2.24, 2.45) is 0 Å². The molecule has 0 radical (unpaired) electrons. The topological polar surface area (TPSA) is 68.5 Å². The van der Waals surface area contributed by atoms with Gasteiger partial charge in [0.2, 0.25) is 5.91 Å². The summed E-state index contributed by atoms with van der Waals surface area (Å²) >= 11 is 0. The molecule has 0 aliphatic rings. The van der Waals surface area contributed by atoms with Crippen molar-refractivity contribution in [2.45, 2.75) is 6.92 Å². The van der Waals surface area contributed by atoms with Crippen molar-refractivity contribution < 1.29 is 13.9 Å². The van der Waals surface area contributed by atoms with Crippen LogP contribution in [0.3, 0.4) is 0 Å². The number of benzene rings is 2. The molecule has 0 saturated carbocycles. The fourth-order valence-electron chi connectivity index (χ4n) is 2.33. The molecule has 0 spiro atoms. The molecule has 0 aliphatic heterocycles. The molecule has 5 nitrogen and oxygen atoms in total. The SMILES string of the molecule is COc1ccc(-c2cc(=O)c3ccc(NC(C)=O)cc3o2)cc1. The predicted molar refractivity (Wildman–Crippen MR) is 88.8 cm³/mol. The number of ether oxygens (including phenoxy) is 1. The summed E-state index contributed by atoms with van der Waals surface area (Å²) < 4.78 is 11.0. The summed E-state index contributed by atoms with van der Waals surface area (Å²) in [6, 6.07) is 13.7. The molecule has 0 saturated heterocycles. The van der Waals surface area contributed by atoms with Crippen molar-refractivity contribution in [3.8, 4) is 17.1 Å². The van der Waals surface area contributed by atoms with Crippen LogP contribution in [0.15, 0.2) is 57.7 Å². The molecule has 3 rings (SSSR count). The number of carbonyl (C=O) groups excluding carboxylic acids is 1. The lowest BCUT2D eigenvalue weighted by Crippen LogP contribution is -2.06. The fraction of sp³-hybridized carbons (Fsp3) is 0.111. The zero-order valence-corrected chi connectivity index (χ0v) is 12.8. The number of hydrogen-bond acceptors (Lipinski definition) is 4. The second kappa shape index (κ2) is 5.96. The normalized spacial score (nSPS) is 10.5. The zero-order chi connectivity index (χ0) is 16.4. The van der Waals surface area contributed by atoms with Gasteiger partial charge in [0.15, 0.2) is 5.43 Å². The van der Waals surface area contributed by atoms with Crippen LogP contribution in [-0.4, -0.2) is 13.0 Å². The number of methoxy groups -OCH3 is 1. The summed E-state index contributed by atoms with van der Waals surface area (Å²) in [7, 11) is 1.59. The van der Waals surface area contributed by atoms with E-state index in [1.54, 1.807) is 37.4 Å². The maximum atomic E-state index is 12.3. The highest BCUT2D eigenvalue weighted by molar-refractivity contribution is 5.91. The minimum atomic E-state index is -0.182. The van der Waals surface area contributed by atoms with Gasteiger partial charge in [-0.2, -0.15) is 0 Å². The third-order valence-corrected chi connectivity index (χ3v) is 3.42. The lowest BCUT2D eigenvalue weighted by Gasteiger charge is -2.06. The van der Waals surface area contributed by atoms with Crippen LogP contribution in [-0.2, 0) is 4.79 Å². The van der Waals surface area contributed by atoms with Gasteiger partial charge in [-0.15, -0.1) is 0 Å². The molecule has 0 fully saturated rings. The molecule has 0 bridgehead atoms. The predicted octanol–water partition coefficient (Wildman–Crippen LogP) is 3.43. The van der Waals surface area contributed by atoms with Crippen LogP contribution in [0.2, 0.25) is 0 Å². The van der Waals surface area contributed by atoms with E-state index in [1.807, 2.05) is 12.1 Å². The van der Waals surface area contributed by atoms with Crippen molar-refractivity contribution in [2.75, 3.05) is 12.4 Å². The van der Waals surface area contributed by atoms with Crippen LogP contribution >= 0.6 is 0 Å². The highest BCUT2D eigenvalue weighted by atomic mass is 16.5. The summed E-state index contributed by atoms with van der Waals surface area (Å²) in [6.07, 6.45) is 0. The monoisotopic (exact) mass is 309 g/mol. The molecule has 0 atom stereocenters. The lowest BCUT2D eigenvalue weighted by molar-refractivity contribution is -0.114. The van der Waals surface area contributed by atoms with E-state index in [4.69, 9.17) is 9.15 Å². The minimum Gasteiger partial charge on any atom is -0.497 e. The van der Waals surface area contributed by atoms with Crippen LogP contribution in [0.1, 0.15) is 6.92 Å². The smallest absolute Gasteiger partial charge is 0.221 e. The van der Waals surface area contributed by atoms with Crippen LogP contribution in [0, 0.1) is 0 Å². The number of amides is 1. The number of fused-ring (bicyclic) bond motifs is 1. The standard InChI is InChI=1S/C18H15NO4/c1-11(20)19-13-5-8-15-16(21)10-17(23-18(15)9-13)12-3-6-14(22-2)7-4-12/h3-10H,1-2H3,(H,19,20). The number of hydrogen-bond donors (Lipinski definition) is 1. The second-order valence-corrected chi connectivity index (χ2v) is 5.10. The molecular weight excluding hydrogens is 294 g/mol. The second-order valence-electron chi connectivity index (χ2n) is 5.10. The summed E-state index contributed by atoms with van der Waals surface area (Å²) in [6.45, 7) is 1.42. The van der Waals surface area contributed by atoms with Gasteiger partial charge >= 0.3 is 0 Å². The van der Waals surface area contributed by atoms with E-state index >= 15 is 0 Å². The maximum Gasteiger partial charge on any atom is 0.221 e. The summed E-state index contributed by atoms with van der Waals surface area (Å²) in [5.74, 6) is 1.01. The van der Waals surface area contributed by atoms with Gasteiger partial charge < -0.3 is 14.5 Å². The summed E-state index contributed by atoms with van der Waals surface area (Å²) in [5, 5.41) is 3.14. The summed E-state index contributed by atoms with van der Waals surface area (Å²) in [4.78, 5) is 23.4. The molecule has 116 valence electrons. The molecule has 0 unspecified atom stereocenters. The van der Waals surface area contributed by atoms with Crippen molar-refractivity contribution in [1.29, 1.82) is 0 Å². The fourth-order valence-corrected chi connectivity index (χ4v) is 2.33. The molecule has 1 aromatic heterocycles. The van der Waals surface area contributed by atoms with Crippen molar-refractivity contribution >= 4 is 22.6 Å². The van der Waals surface area contributed by atoms with Gasteiger partial charge in [-0.25, -0.2) is 0 Å². The van der Waals surface area contributed by atoms with E-state index in [9.17, 15) is 9.59 Å². The van der Waals surface area contributed by atoms with E-state index in [-0.39, 0.29) is 11.3 Å². The van der Waals surface area contributed by atoms with Gasteiger partial charge in [0, 0.05) is 30.3 Å². The molecule has 1 heterocycles. The average Bonchev–Trinajstić information content (AvgIpc) is 2.54. The highest BCUT2D eigenvalue weighted by Gasteiger charge is 2.08. The molecule has 23 heavy (non-hydrogen) atoms. The maximum absolute atomic E-state index is 12.3. The van der Waals surface area contributed by atoms with Gasteiger partial charge in [0.1, 0.15) is 17.1 Å². The number of nitrogens with one attached hydrogen (secondary N) is 1. The third kappa shape index (κ3) is 3.08. The molecule has 2 aromatic carbocycles. The largest absolute Gasteiger partial charge is 0.497 e. The Hall–Kier alpha value is -3.08. The van der Waals surface area contributed by atoms with E-state index < -0.39 is 0 Å². The molecular formula is C18H15NO4. The Labute approximate surface area is 132 Å². The summed E-state index contributed by atoms with van der Waals surface area (Å²) in [5.41, 5.74) is 1.65. The third-order valence-electron chi connectivity index (χ3n) is 3.42. The lowest BCUT2D eigenvalue weighted by atomic mass is 10.1. The first-order valence-corrected chi connectivity index (χ1v) is 7.07. The Kier molecular flexibility index (Phi) is 3.85. The van der Waals surface area contributed by atoms with Gasteiger partial charge in [-0.05, 0) is 36.4 Å². The first-order chi connectivity index (χ1) is 11.1. The molecule has 3 aromatic rings. The van der Waals surface area contributed by atoms with E-state index in [2.05, 4.69) is 5.32 Å². The Morgan fingerprint density at radius 2 is 1.83 bits per heavy atom. The van der Waals surface area contributed by atoms with Crippen LogP contribution in [0.5, 0.6) is 5.75 Å². The highest BCUT2D eigenvalue weighted by Crippen LogP contribution is 2.25. The van der Waals surface area contributed by atoms with Gasteiger partial charge in [0.05, 0.1) is 12.5 Å². The van der Waals surface area contributed by atoms with Gasteiger partial charge in [-0.3, -0.25) is 9.59 Å². The first-order valence-electron chi connectivity index (χ1n) is 7.07. The first kappa shape index (κ1) is 14.8. The molecule has 1 N–H and O–H groups in total. The van der Waals surface area contributed by atoms with Crippen molar-refractivity contribution in [3.05, 3.63) is 58.8 Å². The zero-order valence-electron chi connectivity index (χ0n) is 12.8. The quantitative estimate of drug-likeness (QED) is 0.805. The van der Waals surface area contributed by atoms with E-state index in [0.29, 0.717) is 22.4 Å². The number of rotatable bonds is 3. The Morgan fingerprint density at radius 3 is 2.48 bits per heavy atom. The molecule has 1 amide bonds. The van der Waals surface area contributed by atoms with Crippen molar-refractivity contribution in [3.63, 3.8) is 0 Å². The Balaban J connectivity index is 2.10.